The zero-order valence-corrected chi connectivity index (χ0v) is 12.2. The summed E-state index contributed by atoms with van der Waals surface area (Å²) in [7, 11) is 1.74. The zero-order chi connectivity index (χ0) is 13.9. The van der Waals surface area contributed by atoms with Gasteiger partial charge in [-0.1, -0.05) is 24.3 Å². The van der Waals surface area contributed by atoms with Crippen molar-refractivity contribution in [1.29, 1.82) is 5.26 Å². The highest BCUT2D eigenvalue weighted by molar-refractivity contribution is 5.41. The summed E-state index contributed by atoms with van der Waals surface area (Å²) in [6.45, 7) is 4.18. The van der Waals surface area contributed by atoms with E-state index in [0.29, 0.717) is 0 Å². The van der Waals surface area contributed by atoms with E-state index in [1.54, 1.807) is 7.11 Å². The van der Waals surface area contributed by atoms with Crippen LogP contribution in [0.5, 0.6) is 0 Å². The van der Waals surface area contributed by atoms with Gasteiger partial charge >= 0.3 is 0 Å². The maximum atomic E-state index is 9.77. The van der Waals surface area contributed by atoms with E-state index in [1.165, 1.54) is 11.1 Å². The van der Waals surface area contributed by atoms with Crippen LogP contribution in [0.3, 0.4) is 0 Å². The average molecular weight is 257 g/mol. The number of aryl methyl sites for hydroxylation is 1. The second-order valence-corrected chi connectivity index (χ2v) is 6.17. The molecule has 0 heterocycles. The lowest BCUT2D eigenvalue weighted by atomic mass is 9.67. The molecular weight excluding hydrogens is 234 g/mol. The normalized spacial score (nSPS) is 22.6. The van der Waals surface area contributed by atoms with Gasteiger partial charge in [0.25, 0.3) is 0 Å². The Bertz CT molecular complexity index is 486. The van der Waals surface area contributed by atoms with Crippen LogP contribution in [-0.2, 0) is 16.6 Å². The second kappa shape index (κ2) is 5.35. The molecule has 0 saturated carbocycles. The molecule has 1 unspecified atom stereocenters. The molecule has 2 rings (SSSR count). The van der Waals surface area contributed by atoms with Crippen LogP contribution in [0.1, 0.15) is 50.7 Å². The van der Waals surface area contributed by atoms with Crippen molar-refractivity contribution >= 4 is 0 Å². The number of rotatable bonds is 4. The van der Waals surface area contributed by atoms with Crippen molar-refractivity contribution in [3.8, 4) is 6.07 Å². The number of methoxy groups -OCH3 is 1. The predicted molar refractivity (Wildman–Crippen MR) is 77.0 cm³/mol. The molecule has 2 nitrogen and oxygen atoms in total. The maximum absolute atomic E-state index is 9.77. The molecule has 1 aromatic rings. The fraction of sp³-hybridized carbons (Fsp3) is 0.588. The molecule has 0 spiro atoms. The van der Waals surface area contributed by atoms with Crippen LogP contribution in [0.25, 0.3) is 0 Å². The monoisotopic (exact) mass is 257 g/mol. The third-order valence-electron chi connectivity index (χ3n) is 4.50. The Morgan fingerprint density at radius 2 is 2.11 bits per heavy atom. The van der Waals surface area contributed by atoms with Gasteiger partial charge in [-0.15, -0.1) is 0 Å². The average Bonchev–Trinajstić information content (AvgIpc) is 2.45. The van der Waals surface area contributed by atoms with Gasteiger partial charge in [0.15, 0.2) is 0 Å². The molecule has 1 aliphatic rings. The van der Waals surface area contributed by atoms with Gasteiger partial charge < -0.3 is 4.74 Å². The number of nitrogens with zero attached hydrogens (tertiary/aromatic N) is 1. The van der Waals surface area contributed by atoms with Gasteiger partial charge in [-0.25, -0.2) is 0 Å². The Balaban J connectivity index is 2.28. The van der Waals surface area contributed by atoms with Crippen molar-refractivity contribution in [3.63, 3.8) is 0 Å². The van der Waals surface area contributed by atoms with Crippen LogP contribution < -0.4 is 0 Å². The van der Waals surface area contributed by atoms with E-state index in [4.69, 9.17) is 4.74 Å². The minimum atomic E-state index is -0.315. The van der Waals surface area contributed by atoms with Crippen LogP contribution in [0.15, 0.2) is 24.3 Å². The first kappa shape index (κ1) is 14.1. The SMILES string of the molecule is COC(C)(C)CCC1(C#N)CCCc2ccccc21. The molecule has 102 valence electrons. The van der Waals surface area contributed by atoms with E-state index >= 15 is 0 Å². The minimum absolute atomic E-state index is 0.157. The molecule has 0 saturated heterocycles. The number of hydrogen-bond donors (Lipinski definition) is 0. The summed E-state index contributed by atoms with van der Waals surface area (Å²) in [6, 6.07) is 11.0. The largest absolute Gasteiger partial charge is 0.379 e. The van der Waals surface area contributed by atoms with Crippen molar-refractivity contribution < 1.29 is 4.74 Å². The molecule has 0 bridgehead atoms. The maximum Gasteiger partial charge on any atom is 0.0826 e. The van der Waals surface area contributed by atoms with Gasteiger partial charge in [-0.2, -0.15) is 5.26 Å². The van der Waals surface area contributed by atoms with Gasteiger partial charge in [0, 0.05) is 7.11 Å². The minimum Gasteiger partial charge on any atom is -0.379 e. The lowest BCUT2D eigenvalue weighted by Gasteiger charge is -2.35. The molecule has 0 aromatic heterocycles. The van der Waals surface area contributed by atoms with Gasteiger partial charge in [0.2, 0.25) is 0 Å². The van der Waals surface area contributed by atoms with Crippen LogP contribution in [0, 0.1) is 11.3 Å². The molecular formula is C17H23NO. The molecule has 1 atom stereocenters. The molecule has 0 radical (unpaired) electrons. The standard InChI is InChI=1S/C17H23NO/c1-16(2,19-3)11-12-17(13-18)10-6-8-14-7-4-5-9-15(14)17/h4-5,7,9H,6,8,10-12H2,1-3H3. The van der Waals surface area contributed by atoms with Crippen molar-refractivity contribution in [2.75, 3.05) is 7.11 Å². The van der Waals surface area contributed by atoms with Gasteiger partial charge in [0.05, 0.1) is 17.1 Å². The summed E-state index contributed by atoms with van der Waals surface area (Å²) in [5.74, 6) is 0. The highest BCUT2D eigenvalue weighted by Gasteiger charge is 2.37. The number of benzene rings is 1. The van der Waals surface area contributed by atoms with E-state index in [9.17, 15) is 5.26 Å². The molecule has 19 heavy (non-hydrogen) atoms. The van der Waals surface area contributed by atoms with Gasteiger partial charge in [-0.3, -0.25) is 0 Å². The van der Waals surface area contributed by atoms with E-state index in [0.717, 1.165) is 32.1 Å². The second-order valence-electron chi connectivity index (χ2n) is 6.17. The fourth-order valence-electron chi connectivity index (χ4n) is 2.97. The van der Waals surface area contributed by atoms with Crippen molar-refractivity contribution in [2.45, 2.75) is 57.0 Å². The van der Waals surface area contributed by atoms with Crippen LogP contribution in [-0.4, -0.2) is 12.7 Å². The highest BCUT2D eigenvalue weighted by Crippen LogP contribution is 2.41. The Kier molecular flexibility index (Phi) is 3.96. The first-order chi connectivity index (χ1) is 9.03. The topological polar surface area (TPSA) is 33.0 Å². The molecule has 1 aliphatic carbocycles. The van der Waals surface area contributed by atoms with Crippen LogP contribution in [0.4, 0.5) is 0 Å². The smallest absolute Gasteiger partial charge is 0.0826 e. The lowest BCUT2D eigenvalue weighted by molar-refractivity contribution is 0.00990. The molecule has 0 aliphatic heterocycles. The zero-order valence-electron chi connectivity index (χ0n) is 12.2. The number of hydrogen-bond acceptors (Lipinski definition) is 2. The summed E-state index contributed by atoms with van der Waals surface area (Å²) in [6.07, 6.45) is 4.97. The fourth-order valence-corrected chi connectivity index (χ4v) is 2.97. The molecule has 0 fully saturated rings. The van der Waals surface area contributed by atoms with Crippen LogP contribution in [0.2, 0.25) is 0 Å². The third kappa shape index (κ3) is 2.82. The number of nitriles is 1. The van der Waals surface area contributed by atoms with E-state index in [1.807, 2.05) is 0 Å². The molecule has 2 heteroatoms. The molecule has 0 N–H and O–H groups in total. The van der Waals surface area contributed by atoms with Crippen molar-refractivity contribution in [2.24, 2.45) is 0 Å². The first-order valence-electron chi connectivity index (χ1n) is 7.08. The van der Waals surface area contributed by atoms with Crippen molar-refractivity contribution in [3.05, 3.63) is 35.4 Å². The summed E-state index contributed by atoms with van der Waals surface area (Å²) in [4.78, 5) is 0. The van der Waals surface area contributed by atoms with Crippen LogP contribution >= 0.6 is 0 Å². The first-order valence-corrected chi connectivity index (χ1v) is 7.08. The van der Waals surface area contributed by atoms with E-state index in [-0.39, 0.29) is 11.0 Å². The van der Waals surface area contributed by atoms with E-state index < -0.39 is 0 Å². The lowest BCUT2D eigenvalue weighted by Crippen LogP contribution is -2.33. The molecule has 1 aromatic carbocycles. The quantitative estimate of drug-likeness (QED) is 0.817. The Labute approximate surface area is 116 Å². The van der Waals surface area contributed by atoms with Crippen molar-refractivity contribution in [1.82, 2.24) is 0 Å². The van der Waals surface area contributed by atoms with Gasteiger partial charge in [0.1, 0.15) is 0 Å². The molecule has 0 amide bonds. The Morgan fingerprint density at radius 3 is 2.79 bits per heavy atom. The summed E-state index contributed by atoms with van der Waals surface area (Å²) in [5.41, 5.74) is 2.13. The summed E-state index contributed by atoms with van der Waals surface area (Å²) < 4.78 is 5.50. The Hall–Kier alpha value is -1.33. The predicted octanol–water partition coefficient (Wildman–Crippen LogP) is 3.99. The Morgan fingerprint density at radius 1 is 1.37 bits per heavy atom. The summed E-state index contributed by atoms with van der Waals surface area (Å²) in [5, 5.41) is 9.77. The number of ether oxygens (including phenoxy) is 1. The van der Waals surface area contributed by atoms with E-state index in [2.05, 4.69) is 44.2 Å². The third-order valence-corrected chi connectivity index (χ3v) is 4.50. The highest BCUT2D eigenvalue weighted by atomic mass is 16.5. The number of fused-ring (bicyclic) bond motifs is 1. The summed E-state index contributed by atoms with van der Waals surface area (Å²) >= 11 is 0. The van der Waals surface area contributed by atoms with Gasteiger partial charge in [-0.05, 0) is 57.1 Å².